The summed E-state index contributed by atoms with van der Waals surface area (Å²) in [6.07, 6.45) is 3.08. The Kier molecular flexibility index (Phi) is 8.66. The number of hydrogen-bond donors (Lipinski definition) is 1. The minimum atomic E-state index is -1.31. The number of benzene rings is 1. The largest absolute Gasteiger partial charge is 0.433 e. The molecule has 1 aromatic carbocycles. The molecule has 0 aliphatic carbocycles. The molecule has 47 heavy (non-hydrogen) atoms. The summed E-state index contributed by atoms with van der Waals surface area (Å²) in [6, 6.07) is 14.8. The number of ether oxygens (including phenoxy) is 1. The lowest BCUT2D eigenvalue weighted by Gasteiger charge is -2.29. The van der Waals surface area contributed by atoms with Crippen molar-refractivity contribution >= 4 is 23.3 Å². The molecule has 4 aromatic heterocycles. The lowest BCUT2D eigenvalue weighted by molar-refractivity contribution is -0.00123. The van der Waals surface area contributed by atoms with E-state index in [0.717, 1.165) is 29.1 Å². The molecule has 1 aliphatic rings. The Balaban J connectivity index is 1.38. The highest BCUT2D eigenvalue weighted by Crippen LogP contribution is 2.36. The highest BCUT2D eigenvalue weighted by atomic mass is 32.1. The molecule has 0 radical (unpaired) electrons. The van der Waals surface area contributed by atoms with Gasteiger partial charge >= 0.3 is 6.09 Å². The van der Waals surface area contributed by atoms with E-state index < -0.39 is 17.2 Å². The van der Waals surface area contributed by atoms with Crippen LogP contribution in [0.15, 0.2) is 64.5 Å². The molecule has 0 bridgehead atoms. The van der Waals surface area contributed by atoms with Crippen LogP contribution in [0.5, 0.6) is 0 Å². The van der Waals surface area contributed by atoms with Crippen LogP contribution in [0.2, 0.25) is 0 Å². The third kappa shape index (κ3) is 7.09. The molecule has 2 amide bonds. The fourth-order valence-corrected chi connectivity index (χ4v) is 6.64. The van der Waals surface area contributed by atoms with Crippen LogP contribution in [0.4, 0.5) is 4.79 Å². The molecule has 1 aliphatic heterocycles. The van der Waals surface area contributed by atoms with E-state index in [1.54, 1.807) is 41.3 Å². The Morgan fingerprint density at radius 2 is 1.83 bits per heavy atom. The molecule has 0 saturated carbocycles. The smallest absolute Gasteiger partial charge is 0.408 e. The lowest BCUT2D eigenvalue weighted by atomic mass is 9.96. The number of amides is 2. The summed E-state index contributed by atoms with van der Waals surface area (Å²) in [7, 11) is 1.81. The average molecular weight is 655 g/mol. The fraction of sp³-hybridized carbons (Fsp3) is 0.382. The second kappa shape index (κ2) is 12.7. The van der Waals surface area contributed by atoms with Crippen LogP contribution in [0.1, 0.15) is 79.1 Å². The van der Waals surface area contributed by atoms with Gasteiger partial charge in [0.2, 0.25) is 0 Å². The van der Waals surface area contributed by atoms with E-state index in [-0.39, 0.29) is 30.2 Å². The Hall–Kier alpha value is -4.91. The van der Waals surface area contributed by atoms with Gasteiger partial charge in [-0.2, -0.15) is 5.10 Å². The number of rotatable bonds is 8. The molecule has 5 aromatic rings. The van der Waals surface area contributed by atoms with Gasteiger partial charge in [-0.3, -0.25) is 9.48 Å². The van der Waals surface area contributed by atoms with E-state index in [9.17, 15) is 9.59 Å². The second-order valence-corrected chi connectivity index (χ2v) is 13.9. The number of hydrogen-bond acceptors (Lipinski definition) is 10. The molecule has 0 spiro atoms. The van der Waals surface area contributed by atoms with Crippen LogP contribution in [-0.4, -0.2) is 58.9 Å². The zero-order valence-corrected chi connectivity index (χ0v) is 28.2. The molecule has 6 rings (SSSR count). The van der Waals surface area contributed by atoms with Crippen molar-refractivity contribution in [3.63, 3.8) is 0 Å². The van der Waals surface area contributed by atoms with Crippen molar-refractivity contribution in [3.8, 4) is 23.0 Å². The van der Waals surface area contributed by atoms with Gasteiger partial charge in [0.25, 0.3) is 17.7 Å². The minimum absolute atomic E-state index is 0.0886. The number of nitrogens with zero attached hydrogens (tertiary/aromatic N) is 7. The van der Waals surface area contributed by atoms with Crippen molar-refractivity contribution in [3.05, 3.63) is 87.8 Å². The topological polar surface area (TPSA) is 141 Å². The van der Waals surface area contributed by atoms with Gasteiger partial charge in [0, 0.05) is 48.4 Å². The van der Waals surface area contributed by atoms with Gasteiger partial charge in [-0.1, -0.05) is 30.3 Å². The van der Waals surface area contributed by atoms with Gasteiger partial charge in [0.1, 0.15) is 10.7 Å². The summed E-state index contributed by atoms with van der Waals surface area (Å²) < 4.78 is 13.9. The number of likely N-dealkylation sites (tertiary alicyclic amines) is 1. The standard InChI is InChI=1S/C34H38N8O4S/c1-21-20-47-29(36-21)27-13-10-16-42(27)30(43)23-17-24(26-14-15-35-41(26)6)37-25(18-23)28-39-40-31(45-28)34(5,19-22-11-8-7-9-12-22)46-32(44)38-33(2,3)4/h7-9,11-12,14-15,17-18,20,27H,10,13,16,19H2,1-6H3,(H,38,44)/t27-,34-/m1/s1. The normalized spacial score (nSPS) is 16.2. The molecule has 13 heteroatoms. The number of pyridine rings is 1. The Labute approximate surface area is 277 Å². The quantitative estimate of drug-likeness (QED) is 0.205. The van der Waals surface area contributed by atoms with Gasteiger partial charge in [-0.15, -0.1) is 21.5 Å². The molecule has 12 nitrogen and oxygen atoms in total. The lowest BCUT2D eigenvalue weighted by Crippen LogP contribution is -2.45. The first-order chi connectivity index (χ1) is 22.4. The molecule has 1 N–H and O–H groups in total. The van der Waals surface area contributed by atoms with Crippen molar-refractivity contribution in [2.75, 3.05) is 6.54 Å². The average Bonchev–Trinajstić information content (AvgIpc) is 3.83. The van der Waals surface area contributed by atoms with Crippen molar-refractivity contribution in [2.24, 2.45) is 7.05 Å². The first-order valence-corrected chi connectivity index (χ1v) is 16.4. The van der Waals surface area contributed by atoms with Gasteiger partial charge in [-0.25, -0.2) is 14.8 Å². The maximum absolute atomic E-state index is 14.2. The number of nitrogens with one attached hydrogen (secondary N) is 1. The van der Waals surface area contributed by atoms with Crippen LogP contribution in [0.25, 0.3) is 23.0 Å². The third-order valence-electron chi connectivity index (χ3n) is 7.87. The van der Waals surface area contributed by atoms with E-state index >= 15 is 0 Å². The third-order valence-corrected chi connectivity index (χ3v) is 8.93. The number of aryl methyl sites for hydroxylation is 2. The van der Waals surface area contributed by atoms with Crippen LogP contribution in [-0.2, 0) is 23.8 Å². The number of carbonyl (C=O) groups excluding carboxylic acids is 2. The van der Waals surface area contributed by atoms with E-state index in [4.69, 9.17) is 14.1 Å². The Bertz CT molecular complexity index is 1890. The van der Waals surface area contributed by atoms with Crippen molar-refractivity contribution in [2.45, 2.75) is 71.1 Å². The van der Waals surface area contributed by atoms with Crippen molar-refractivity contribution in [1.29, 1.82) is 0 Å². The predicted octanol–water partition coefficient (Wildman–Crippen LogP) is 6.26. The van der Waals surface area contributed by atoms with E-state index in [1.165, 1.54) is 0 Å². The summed E-state index contributed by atoms with van der Waals surface area (Å²) in [5.74, 6) is 0.0498. The summed E-state index contributed by atoms with van der Waals surface area (Å²) in [6.45, 7) is 9.93. The first kappa shape index (κ1) is 32.0. The van der Waals surface area contributed by atoms with Crippen LogP contribution >= 0.6 is 11.3 Å². The second-order valence-electron chi connectivity index (χ2n) is 13.0. The van der Waals surface area contributed by atoms with Crippen molar-refractivity contribution < 1.29 is 18.7 Å². The number of thiazole rings is 1. The van der Waals surface area contributed by atoms with Crippen molar-refractivity contribution in [1.82, 2.24) is 40.2 Å². The molecular weight excluding hydrogens is 616 g/mol. The molecule has 0 unspecified atom stereocenters. The number of alkyl carbamates (subject to hydrolysis) is 1. The summed E-state index contributed by atoms with van der Waals surface area (Å²) >= 11 is 1.58. The number of carbonyl (C=O) groups is 2. The maximum atomic E-state index is 14.2. The van der Waals surface area contributed by atoms with E-state index in [2.05, 4.69) is 25.6 Å². The summed E-state index contributed by atoms with van der Waals surface area (Å²) in [5, 5.41) is 18.8. The van der Waals surface area contributed by atoms with E-state index in [0.29, 0.717) is 29.2 Å². The van der Waals surface area contributed by atoms with Crippen LogP contribution < -0.4 is 5.32 Å². The highest BCUT2D eigenvalue weighted by molar-refractivity contribution is 7.09. The Morgan fingerprint density at radius 3 is 2.51 bits per heavy atom. The first-order valence-electron chi connectivity index (χ1n) is 15.5. The minimum Gasteiger partial charge on any atom is -0.433 e. The Morgan fingerprint density at radius 1 is 1.06 bits per heavy atom. The highest BCUT2D eigenvalue weighted by Gasteiger charge is 2.39. The predicted molar refractivity (Wildman–Crippen MR) is 176 cm³/mol. The van der Waals surface area contributed by atoms with Gasteiger partial charge in [0.15, 0.2) is 5.60 Å². The summed E-state index contributed by atoms with van der Waals surface area (Å²) in [4.78, 5) is 38.5. The molecule has 1 fully saturated rings. The van der Waals surface area contributed by atoms with Crippen LogP contribution in [0.3, 0.4) is 0 Å². The molecule has 5 heterocycles. The van der Waals surface area contributed by atoms with E-state index in [1.807, 2.05) is 81.4 Å². The number of aromatic nitrogens is 6. The monoisotopic (exact) mass is 654 g/mol. The molecule has 1 saturated heterocycles. The maximum Gasteiger partial charge on any atom is 0.408 e. The SMILES string of the molecule is Cc1csc([C@H]2CCCN2C(=O)c2cc(-c3nnc([C@@](C)(Cc4ccccc4)OC(=O)NC(C)(C)C)o3)nc(-c3ccnn3C)c2)n1. The zero-order chi connectivity index (χ0) is 33.3. The molecule has 2 atom stereocenters. The van der Waals surface area contributed by atoms with Gasteiger partial charge in [-0.05, 0) is 71.2 Å². The molecular formula is C34H38N8O4S. The summed E-state index contributed by atoms with van der Waals surface area (Å²) in [5.41, 5.74) is 2.01. The van der Waals surface area contributed by atoms with Gasteiger partial charge in [0.05, 0.1) is 17.4 Å². The molecule has 244 valence electrons. The van der Waals surface area contributed by atoms with Gasteiger partial charge < -0.3 is 19.4 Å². The fourth-order valence-electron chi connectivity index (χ4n) is 5.70. The zero-order valence-electron chi connectivity index (χ0n) is 27.4. The van der Waals surface area contributed by atoms with Crippen LogP contribution in [0, 0.1) is 6.92 Å².